The zero-order chi connectivity index (χ0) is 21.5. The molecule has 0 bridgehead atoms. The number of hydrogen-bond donors (Lipinski definition) is 0. The van der Waals surface area contributed by atoms with Gasteiger partial charge >= 0.3 is 0 Å². The van der Waals surface area contributed by atoms with Gasteiger partial charge in [0, 0.05) is 32.7 Å². The van der Waals surface area contributed by atoms with E-state index in [1.165, 1.54) is 5.57 Å². The molecule has 0 spiro atoms. The van der Waals surface area contributed by atoms with Gasteiger partial charge in [0.15, 0.2) is 0 Å². The summed E-state index contributed by atoms with van der Waals surface area (Å²) in [5, 5.41) is 0.799. The summed E-state index contributed by atoms with van der Waals surface area (Å²) < 4.78 is 6.01. The maximum atomic E-state index is 12.1. The fourth-order valence-electron chi connectivity index (χ4n) is 3.92. The molecule has 162 valence electrons. The Bertz CT molecular complexity index is 820. The average Bonchev–Trinajstić information content (AvgIpc) is 2.92. The lowest BCUT2D eigenvalue weighted by molar-refractivity contribution is -0.110. The van der Waals surface area contributed by atoms with Crippen molar-refractivity contribution < 1.29 is 9.53 Å². The van der Waals surface area contributed by atoms with Crippen LogP contribution in [0.25, 0.3) is 0 Å². The van der Waals surface area contributed by atoms with Crippen LogP contribution in [0.1, 0.15) is 27.2 Å². The molecule has 1 fully saturated rings. The zero-order valence-electron chi connectivity index (χ0n) is 18.3. The largest absolute Gasteiger partial charge is 0.497 e. The van der Waals surface area contributed by atoms with Crippen molar-refractivity contribution in [1.29, 1.82) is 0 Å². The van der Waals surface area contributed by atoms with Crippen LogP contribution >= 0.6 is 11.6 Å². The lowest BCUT2D eigenvalue weighted by atomic mass is 9.97. The standard InChI is InChI=1S/C25H33ClN2O2/c1-4-15-30-25-16-20(19(2)3)9-10-21(22(25)18-29)17-27-11-13-28(14-12-27)24-8-6-5-7-23(24)26/h5-10,16,18-19,22H,4,11-15,17H2,1-3H3. The molecule has 1 atom stereocenters. The van der Waals surface area contributed by atoms with E-state index >= 15 is 0 Å². The molecule has 1 unspecified atom stereocenters. The highest BCUT2D eigenvalue weighted by Gasteiger charge is 2.26. The van der Waals surface area contributed by atoms with Gasteiger partial charge in [-0.15, -0.1) is 0 Å². The van der Waals surface area contributed by atoms with Gasteiger partial charge in [-0.25, -0.2) is 0 Å². The Morgan fingerprint density at radius 1 is 1.17 bits per heavy atom. The van der Waals surface area contributed by atoms with Crippen LogP contribution in [-0.2, 0) is 9.53 Å². The van der Waals surface area contributed by atoms with Gasteiger partial charge in [-0.05, 0) is 41.7 Å². The Morgan fingerprint density at radius 3 is 2.53 bits per heavy atom. The van der Waals surface area contributed by atoms with Crippen molar-refractivity contribution in [2.45, 2.75) is 27.2 Å². The van der Waals surface area contributed by atoms with E-state index in [1.54, 1.807) is 0 Å². The van der Waals surface area contributed by atoms with Crippen LogP contribution in [0.15, 0.2) is 59.4 Å². The molecule has 0 saturated carbocycles. The summed E-state index contributed by atoms with van der Waals surface area (Å²) in [7, 11) is 0. The number of para-hydroxylation sites is 1. The molecular weight excluding hydrogens is 396 g/mol. The number of aldehydes is 1. The monoisotopic (exact) mass is 428 g/mol. The summed E-state index contributed by atoms with van der Waals surface area (Å²) in [6.07, 6.45) is 8.31. The van der Waals surface area contributed by atoms with Gasteiger partial charge in [-0.1, -0.05) is 56.7 Å². The molecule has 1 aliphatic carbocycles. The SMILES string of the molecule is CCCOC1=CC(C(C)C)=CC=C(CN2CCN(c3ccccc3Cl)CC2)C1C=O. The lowest BCUT2D eigenvalue weighted by Gasteiger charge is -2.37. The second-order valence-corrected chi connectivity index (χ2v) is 8.69. The summed E-state index contributed by atoms with van der Waals surface area (Å²) >= 11 is 6.37. The first kappa shape index (κ1) is 22.6. The van der Waals surface area contributed by atoms with Crippen LogP contribution in [0.5, 0.6) is 0 Å². The Kier molecular flexibility index (Phi) is 8.17. The van der Waals surface area contributed by atoms with Crippen molar-refractivity contribution in [1.82, 2.24) is 4.90 Å². The van der Waals surface area contributed by atoms with Gasteiger partial charge in [0.05, 0.1) is 23.2 Å². The van der Waals surface area contributed by atoms with E-state index in [0.717, 1.165) is 67.5 Å². The predicted octanol–water partition coefficient (Wildman–Crippen LogP) is 5.11. The number of piperazine rings is 1. The summed E-state index contributed by atoms with van der Waals surface area (Å²) in [6.45, 7) is 11.5. The van der Waals surface area contributed by atoms with Gasteiger partial charge < -0.3 is 14.4 Å². The highest BCUT2D eigenvalue weighted by Crippen LogP contribution is 2.30. The van der Waals surface area contributed by atoms with Gasteiger partial charge in [-0.3, -0.25) is 4.90 Å². The number of halogens is 1. The fraction of sp³-hybridized carbons (Fsp3) is 0.480. The number of rotatable bonds is 8. The molecule has 2 aliphatic rings. The van der Waals surface area contributed by atoms with E-state index in [0.29, 0.717) is 12.5 Å². The van der Waals surface area contributed by atoms with Crippen LogP contribution in [0, 0.1) is 11.8 Å². The first-order valence-corrected chi connectivity index (χ1v) is 11.3. The molecule has 1 saturated heterocycles. The van der Waals surface area contributed by atoms with E-state index in [-0.39, 0.29) is 5.92 Å². The van der Waals surface area contributed by atoms with Gasteiger partial charge in [-0.2, -0.15) is 0 Å². The summed E-state index contributed by atoms with van der Waals surface area (Å²) in [4.78, 5) is 16.8. The number of anilines is 1. The Hall–Kier alpha value is -2.04. The zero-order valence-corrected chi connectivity index (χ0v) is 19.1. The minimum Gasteiger partial charge on any atom is -0.497 e. The molecule has 0 N–H and O–H groups in total. The van der Waals surface area contributed by atoms with Crippen molar-refractivity contribution in [3.05, 3.63) is 64.4 Å². The molecule has 4 nitrogen and oxygen atoms in total. The normalized spacial score (nSPS) is 20.4. The van der Waals surface area contributed by atoms with Crippen molar-refractivity contribution in [3.63, 3.8) is 0 Å². The summed E-state index contributed by atoms with van der Waals surface area (Å²) in [5.74, 6) is 0.850. The number of ether oxygens (including phenoxy) is 1. The van der Waals surface area contributed by atoms with Crippen molar-refractivity contribution >= 4 is 23.6 Å². The fourth-order valence-corrected chi connectivity index (χ4v) is 4.18. The molecule has 30 heavy (non-hydrogen) atoms. The minimum absolute atomic E-state index is 0.314. The van der Waals surface area contributed by atoms with E-state index in [4.69, 9.17) is 16.3 Å². The molecule has 0 aromatic heterocycles. The number of benzene rings is 1. The molecule has 0 amide bonds. The number of nitrogens with zero attached hydrogens (tertiary/aromatic N) is 2. The number of carbonyl (C=O) groups is 1. The second-order valence-electron chi connectivity index (χ2n) is 8.29. The molecular formula is C25H33ClN2O2. The van der Waals surface area contributed by atoms with E-state index in [1.807, 2.05) is 18.2 Å². The molecule has 0 radical (unpaired) electrons. The van der Waals surface area contributed by atoms with Crippen LogP contribution < -0.4 is 4.90 Å². The van der Waals surface area contributed by atoms with Crippen molar-refractivity contribution in [2.75, 3.05) is 44.2 Å². The number of carbonyl (C=O) groups excluding carboxylic acids is 1. The first-order valence-electron chi connectivity index (χ1n) is 11.0. The maximum absolute atomic E-state index is 12.1. The van der Waals surface area contributed by atoms with Gasteiger partial charge in [0.1, 0.15) is 12.0 Å². The first-order chi connectivity index (χ1) is 14.5. The number of allylic oxidation sites excluding steroid dienone is 5. The Balaban J connectivity index is 1.71. The van der Waals surface area contributed by atoms with Gasteiger partial charge in [0.2, 0.25) is 0 Å². The van der Waals surface area contributed by atoms with E-state index < -0.39 is 0 Å². The van der Waals surface area contributed by atoms with Crippen LogP contribution in [0.3, 0.4) is 0 Å². The molecule has 1 heterocycles. The topological polar surface area (TPSA) is 32.8 Å². The van der Waals surface area contributed by atoms with Crippen LogP contribution in [-0.4, -0.2) is 50.5 Å². The third-order valence-corrected chi connectivity index (χ3v) is 6.07. The molecule has 1 aromatic carbocycles. The van der Waals surface area contributed by atoms with Crippen LogP contribution in [0.2, 0.25) is 5.02 Å². The van der Waals surface area contributed by atoms with Gasteiger partial charge in [0.25, 0.3) is 0 Å². The minimum atomic E-state index is -0.314. The third kappa shape index (κ3) is 5.55. The number of hydrogen-bond acceptors (Lipinski definition) is 4. The summed E-state index contributed by atoms with van der Waals surface area (Å²) in [6, 6.07) is 8.01. The maximum Gasteiger partial charge on any atom is 0.134 e. The van der Waals surface area contributed by atoms with E-state index in [9.17, 15) is 4.79 Å². The van der Waals surface area contributed by atoms with Crippen LogP contribution in [0.4, 0.5) is 5.69 Å². The van der Waals surface area contributed by atoms with Crippen molar-refractivity contribution in [3.8, 4) is 0 Å². The molecule has 1 aromatic rings. The summed E-state index contributed by atoms with van der Waals surface area (Å²) in [5.41, 5.74) is 3.40. The van der Waals surface area contributed by atoms with Crippen molar-refractivity contribution in [2.24, 2.45) is 11.8 Å². The highest BCUT2D eigenvalue weighted by atomic mass is 35.5. The molecule has 1 aliphatic heterocycles. The Morgan fingerprint density at radius 2 is 1.90 bits per heavy atom. The quantitative estimate of drug-likeness (QED) is 0.538. The molecule has 3 rings (SSSR count). The smallest absolute Gasteiger partial charge is 0.134 e. The third-order valence-electron chi connectivity index (χ3n) is 5.75. The average molecular weight is 429 g/mol. The predicted molar refractivity (Wildman–Crippen MR) is 125 cm³/mol. The Labute approximate surface area is 185 Å². The highest BCUT2D eigenvalue weighted by molar-refractivity contribution is 6.33. The lowest BCUT2D eigenvalue weighted by Crippen LogP contribution is -2.47. The second kappa shape index (κ2) is 10.8. The molecule has 5 heteroatoms. The van der Waals surface area contributed by atoms with E-state index in [2.05, 4.69) is 54.9 Å².